The van der Waals surface area contributed by atoms with Gasteiger partial charge in [-0.3, -0.25) is 24.7 Å². The summed E-state index contributed by atoms with van der Waals surface area (Å²) in [5, 5.41) is 21.9. The molecular formula is C21H18N4O3S. The fourth-order valence-electron chi connectivity index (χ4n) is 3.76. The summed E-state index contributed by atoms with van der Waals surface area (Å²) in [6.07, 6.45) is 0.0526. The molecule has 0 unspecified atom stereocenters. The monoisotopic (exact) mass is 406 g/mol. The number of carbonyl (C=O) groups excluding carboxylic acids is 1. The zero-order chi connectivity index (χ0) is 20.4. The van der Waals surface area contributed by atoms with Crippen molar-refractivity contribution in [3.63, 3.8) is 0 Å². The van der Waals surface area contributed by atoms with Crippen LogP contribution in [0.1, 0.15) is 23.5 Å². The molecule has 0 spiro atoms. The Balaban J connectivity index is 1.64. The van der Waals surface area contributed by atoms with Gasteiger partial charge in [0.1, 0.15) is 0 Å². The lowest BCUT2D eigenvalue weighted by atomic mass is 9.85. The molecule has 0 saturated carbocycles. The number of fused-ring (bicyclic) bond motifs is 1. The van der Waals surface area contributed by atoms with Gasteiger partial charge < -0.3 is 0 Å². The number of carbonyl (C=O) groups is 1. The van der Waals surface area contributed by atoms with Crippen LogP contribution in [0.15, 0.2) is 65.2 Å². The van der Waals surface area contributed by atoms with Gasteiger partial charge in [0.2, 0.25) is 5.91 Å². The molecule has 2 aromatic rings. The Kier molecular flexibility index (Phi) is 5.34. The van der Waals surface area contributed by atoms with Crippen LogP contribution in [0.5, 0.6) is 0 Å². The normalized spacial score (nSPS) is 19.6. The zero-order valence-electron chi connectivity index (χ0n) is 15.5. The van der Waals surface area contributed by atoms with E-state index in [9.17, 15) is 20.2 Å². The van der Waals surface area contributed by atoms with E-state index >= 15 is 0 Å². The highest BCUT2D eigenvalue weighted by Crippen LogP contribution is 2.44. The largest absolute Gasteiger partial charge is 0.292 e. The van der Waals surface area contributed by atoms with E-state index in [1.165, 1.54) is 17.8 Å². The smallest absolute Gasteiger partial charge is 0.273 e. The van der Waals surface area contributed by atoms with Gasteiger partial charge in [0, 0.05) is 30.5 Å². The van der Waals surface area contributed by atoms with Gasteiger partial charge in [0.15, 0.2) is 0 Å². The van der Waals surface area contributed by atoms with Crippen molar-refractivity contribution in [2.24, 2.45) is 0 Å². The first kappa shape index (κ1) is 19.2. The Labute approximate surface area is 172 Å². The summed E-state index contributed by atoms with van der Waals surface area (Å²) < 4.78 is 0. The summed E-state index contributed by atoms with van der Waals surface area (Å²) in [7, 11) is 0. The third-order valence-electron chi connectivity index (χ3n) is 5.11. The molecule has 2 aliphatic heterocycles. The number of benzene rings is 2. The van der Waals surface area contributed by atoms with Crippen molar-refractivity contribution in [3.05, 3.63) is 86.4 Å². The van der Waals surface area contributed by atoms with E-state index in [0.717, 1.165) is 5.56 Å². The summed E-state index contributed by atoms with van der Waals surface area (Å²) in [6.45, 7) is 1.12. The third kappa shape index (κ3) is 3.75. The van der Waals surface area contributed by atoms with Crippen molar-refractivity contribution in [2.45, 2.75) is 18.9 Å². The highest BCUT2D eigenvalue weighted by molar-refractivity contribution is 8.03. The molecule has 1 amide bonds. The highest BCUT2D eigenvalue weighted by atomic mass is 32.2. The van der Waals surface area contributed by atoms with Gasteiger partial charge in [0.25, 0.3) is 5.69 Å². The van der Waals surface area contributed by atoms with Crippen molar-refractivity contribution in [2.75, 3.05) is 12.5 Å². The number of amides is 1. The predicted molar refractivity (Wildman–Crippen MR) is 109 cm³/mol. The molecule has 8 heteroatoms. The quantitative estimate of drug-likeness (QED) is 0.566. The van der Waals surface area contributed by atoms with Crippen molar-refractivity contribution >= 4 is 23.4 Å². The molecule has 0 radical (unpaired) electrons. The lowest BCUT2D eigenvalue weighted by Crippen LogP contribution is -2.46. The van der Waals surface area contributed by atoms with Crippen molar-refractivity contribution in [1.29, 1.82) is 5.26 Å². The van der Waals surface area contributed by atoms with E-state index in [-0.39, 0.29) is 18.0 Å². The highest BCUT2D eigenvalue weighted by Gasteiger charge is 2.40. The van der Waals surface area contributed by atoms with E-state index in [2.05, 4.69) is 11.0 Å². The second-order valence-corrected chi connectivity index (χ2v) is 7.89. The number of thioether (sulfide) groups is 1. The van der Waals surface area contributed by atoms with E-state index in [0.29, 0.717) is 35.3 Å². The number of allylic oxidation sites excluding steroid dienone is 1. The number of hydrogen-bond acceptors (Lipinski definition) is 6. The SMILES string of the molecule is N#CC1=C2SCN(Cc3ccccc3)CN2C(=O)C[C@@H]1c1ccccc1[N+](=O)[O-]. The first-order valence-corrected chi connectivity index (χ1v) is 10.1. The Bertz CT molecular complexity index is 1030. The van der Waals surface area contributed by atoms with Crippen LogP contribution in [0.3, 0.4) is 0 Å². The number of nitrogens with zero attached hydrogens (tertiary/aromatic N) is 4. The molecule has 4 rings (SSSR count). The van der Waals surface area contributed by atoms with Gasteiger partial charge in [-0.1, -0.05) is 60.3 Å². The maximum absolute atomic E-state index is 12.9. The molecule has 146 valence electrons. The van der Waals surface area contributed by atoms with Crippen LogP contribution >= 0.6 is 11.8 Å². The Morgan fingerprint density at radius 1 is 1.17 bits per heavy atom. The molecule has 1 saturated heterocycles. The van der Waals surface area contributed by atoms with Gasteiger partial charge in [-0.05, 0) is 5.56 Å². The number of nitro benzene ring substituents is 1. The minimum absolute atomic E-state index is 0.0526. The predicted octanol–water partition coefficient (Wildman–Crippen LogP) is 3.81. The second-order valence-electron chi connectivity index (χ2n) is 6.95. The average molecular weight is 406 g/mol. The Morgan fingerprint density at radius 3 is 2.62 bits per heavy atom. The van der Waals surface area contributed by atoms with E-state index in [1.807, 2.05) is 30.3 Å². The number of hydrogen-bond donors (Lipinski definition) is 0. The number of rotatable bonds is 4. The maximum atomic E-state index is 12.9. The minimum Gasteiger partial charge on any atom is -0.292 e. The molecule has 1 atom stereocenters. The van der Waals surface area contributed by atoms with E-state index < -0.39 is 10.8 Å². The van der Waals surface area contributed by atoms with Gasteiger partial charge in [0.05, 0.1) is 34.1 Å². The standard InChI is InChI=1S/C21H18N4O3S/c22-11-18-17(16-8-4-5-9-19(16)25(27)28)10-20(26)24-13-23(14-29-21(18)24)12-15-6-2-1-3-7-15/h1-9,17H,10,12-14H2/t17-/m1/s1. The molecular weight excluding hydrogens is 388 g/mol. The third-order valence-corrected chi connectivity index (χ3v) is 6.32. The maximum Gasteiger partial charge on any atom is 0.273 e. The van der Waals surface area contributed by atoms with Crippen molar-refractivity contribution in [1.82, 2.24) is 9.80 Å². The summed E-state index contributed by atoms with van der Waals surface area (Å²) >= 11 is 1.44. The van der Waals surface area contributed by atoms with E-state index in [1.54, 1.807) is 23.1 Å². The topological polar surface area (TPSA) is 90.5 Å². The lowest BCUT2D eigenvalue weighted by Gasteiger charge is -2.41. The molecule has 2 aliphatic rings. The lowest BCUT2D eigenvalue weighted by molar-refractivity contribution is -0.385. The minimum atomic E-state index is -0.589. The molecule has 0 aromatic heterocycles. The number of nitro groups is 1. The first-order chi connectivity index (χ1) is 14.1. The second kappa shape index (κ2) is 8.07. The van der Waals surface area contributed by atoms with Crippen LogP contribution < -0.4 is 0 Å². The van der Waals surface area contributed by atoms with Gasteiger partial charge >= 0.3 is 0 Å². The van der Waals surface area contributed by atoms with Crippen LogP contribution in [-0.4, -0.2) is 33.2 Å². The zero-order valence-corrected chi connectivity index (χ0v) is 16.3. The van der Waals surface area contributed by atoms with Gasteiger partial charge in [-0.25, -0.2) is 0 Å². The molecule has 0 N–H and O–H groups in total. The fourth-order valence-corrected chi connectivity index (χ4v) is 4.90. The van der Waals surface area contributed by atoms with Crippen molar-refractivity contribution < 1.29 is 9.72 Å². The molecule has 2 heterocycles. The first-order valence-electron chi connectivity index (χ1n) is 9.15. The summed E-state index contributed by atoms with van der Waals surface area (Å²) in [4.78, 5) is 27.7. The summed E-state index contributed by atoms with van der Waals surface area (Å²) in [5.41, 5.74) is 1.95. The average Bonchev–Trinajstić information content (AvgIpc) is 2.74. The van der Waals surface area contributed by atoms with E-state index in [4.69, 9.17) is 0 Å². The van der Waals surface area contributed by atoms with Crippen LogP contribution in [0.25, 0.3) is 0 Å². The number of para-hydroxylation sites is 1. The van der Waals surface area contributed by atoms with Gasteiger partial charge in [-0.2, -0.15) is 5.26 Å². The van der Waals surface area contributed by atoms with Crippen LogP contribution in [0, 0.1) is 21.4 Å². The Hall–Kier alpha value is -3.15. The van der Waals surface area contributed by atoms with Crippen LogP contribution in [-0.2, 0) is 11.3 Å². The molecule has 29 heavy (non-hydrogen) atoms. The molecule has 2 aromatic carbocycles. The molecule has 0 bridgehead atoms. The summed E-state index contributed by atoms with van der Waals surface area (Å²) in [5.74, 6) is -0.0658. The van der Waals surface area contributed by atoms with Crippen LogP contribution in [0.2, 0.25) is 0 Å². The molecule has 0 aliphatic carbocycles. The molecule has 7 nitrogen and oxygen atoms in total. The van der Waals surface area contributed by atoms with Crippen LogP contribution in [0.4, 0.5) is 5.69 Å². The summed E-state index contributed by atoms with van der Waals surface area (Å²) in [6, 6.07) is 18.6. The van der Waals surface area contributed by atoms with Gasteiger partial charge in [-0.15, -0.1) is 0 Å². The Morgan fingerprint density at radius 2 is 1.90 bits per heavy atom. The fraction of sp³-hybridized carbons (Fsp3) is 0.238. The number of nitriles is 1. The molecule has 1 fully saturated rings. The van der Waals surface area contributed by atoms with Crippen molar-refractivity contribution in [3.8, 4) is 6.07 Å².